The molecular weight excluding hydrogens is 258 g/mol. The maximum Gasteiger partial charge on any atom is 0.112 e. The van der Waals surface area contributed by atoms with E-state index in [-0.39, 0.29) is 25.1 Å². The van der Waals surface area contributed by atoms with Gasteiger partial charge < -0.3 is 20.4 Å². The van der Waals surface area contributed by atoms with Crippen molar-refractivity contribution in [3.8, 4) is 0 Å². The monoisotopic (exact) mass is 279 g/mol. The molecule has 2 heterocycles. The van der Waals surface area contributed by atoms with E-state index < -0.39 is 17.8 Å². The van der Waals surface area contributed by atoms with Gasteiger partial charge in [0.15, 0.2) is 0 Å². The minimum atomic E-state index is -1.43. The van der Waals surface area contributed by atoms with Gasteiger partial charge in [0, 0.05) is 31.7 Å². The van der Waals surface area contributed by atoms with Gasteiger partial charge in [-0.1, -0.05) is 30.3 Å². The molecule has 0 unspecified atom stereocenters. The summed E-state index contributed by atoms with van der Waals surface area (Å²) in [6.07, 6.45) is -1.66. The van der Waals surface area contributed by atoms with Gasteiger partial charge in [-0.2, -0.15) is 0 Å². The second-order valence-electron chi connectivity index (χ2n) is 6.00. The topological polar surface area (TPSA) is 84.2 Å². The molecule has 0 amide bonds. The van der Waals surface area contributed by atoms with Crippen LogP contribution in [-0.4, -0.2) is 62.3 Å². The lowest BCUT2D eigenvalue weighted by molar-refractivity contribution is -0.255. The largest absolute Gasteiger partial charge is 0.396 e. The second kappa shape index (κ2) is 5.09. The maximum absolute atomic E-state index is 10.7. The van der Waals surface area contributed by atoms with Gasteiger partial charge >= 0.3 is 0 Å². The van der Waals surface area contributed by atoms with E-state index in [1.165, 1.54) is 0 Å². The van der Waals surface area contributed by atoms with Crippen LogP contribution in [-0.2, 0) is 6.54 Å². The number of nitrogens with zero attached hydrogens (tertiary/aromatic N) is 1. The molecule has 110 valence electrons. The highest BCUT2D eigenvalue weighted by molar-refractivity contribution is 5.18. The first-order valence-corrected chi connectivity index (χ1v) is 7.03. The van der Waals surface area contributed by atoms with Crippen LogP contribution in [0.25, 0.3) is 0 Å². The lowest BCUT2D eigenvalue weighted by Gasteiger charge is -2.58. The highest BCUT2D eigenvalue weighted by atomic mass is 16.4. The third-order valence-electron chi connectivity index (χ3n) is 4.84. The van der Waals surface area contributed by atoms with E-state index in [2.05, 4.69) is 0 Å². The number of rotatable bonds is 3. The van der Waals surface area contributed by atoms with Gasteiger partial charge in [-0.05, 0) is 12.0 Å². The number of aliphatic hydroxyl groups excluding tert-OH is 3. The third-order valence-corrected chi connectivity index (χ3v) is 4.84. The average molecular weight is 279 g/mol. The Hall–Kier alpha value is -0.980. The molecule has 3 aliphatic rings. The van der Waals surface area contributed by atoms with Crippen LogP contribution in [0, 0.1) is 5.92 Å². The van der Waals surface area contributed by atoms with E-state index in [4.69, 9.17) is 0 Å². The Morgan fingerprint density at radius 2 is 1.90 bits per heavy atom. The summed E-state index contributed by atoms with van der Waals surface area (Å²) in [5, 5.41) is 40.3. The summed E-state index contributed by atoms with van der Waals surface area (Å²) in [4.78, 5) is 2.00. The van der Waals surface area contributed by atoms with E-state index in [9.17, 15) is 20.4 Å². The zero-order valence-corrected chi connectivity index (χ0v) is 11.3. The Labute approximate surface area is 118 Å². The summed E-state index contributed by atoms with van der Waals surface area (Å²) in [5.74, 6) is -0.377. The van der Waals surface area contributed by atoms with Crippen LogP contribution in [0.15, 0.2) is 30.3 Å². The van der Waals surface area contributed by atoms with Crippen LogP contribution in [0.5, 0.6) is 0 Å². The highest BCUT2D eigenvalue weighted by Crippen LogP contribution is 2.43. The standard InChI is InChI=1S/C15H21NO4/c17-8-11-6-12-13(18)14(19)15(11,20)9-16(12)7-10-4-2-1-3-5-10/h1-5,11-14,17-20H,6-9H2/t11-,12+,13-,14+,15-/m0/s1. The van der Waals surface area contributed by atoms with E-state index >= 15 is 0 Å². The van der Waals surface area contributed by atoms with Crippen molar-refractivity contribution in [2.45, 2.75) is 36.8 Å². The number of hydrogen-bond acceptors (Lipinski definition) is 5. The Balaban J connectivity index is 1.83. The van der Waals surface area contributed by atoms with E-state index in [1.54, 1.807) is 0 Å². The molecule has 20 heavy (non-hydrogen) atoms. The van der Waals surface area contributed by atoms with Crippen molar-refractivity contribution >= 4 is 0 Å². The first kappa shape index (κ1) is 14.0. The molecule has 1 saturated carbocycles. The van der Waals surface area contributed by atoms with Crippen molar-refractivity contribution in [3.05, 3.63) is 35.9 Å². The molecule has 5 heteroatoms. The summed E-state index contributed by atoms with van der Waals surface area (Å²) in [7, 11) is 0. The van der Waals surface area contributed by atoms with Gasteiger partial charge in [0.25, 0.3) is 0 Å². The first-order valence-electron chi connectivity index (χ1n) is 7.03. The minimum Gasteiger partial charge on any atom is -0.396 e. The number of fused-ring (bicyclic) bond motifs is 3. The molecule has 2 bridgehead atoms. The number of hydrogen-bond donors (Lipinski definition) is 4. The molecule has 0 aromatic heterocycles. The van der Waals surface area contributed by atoms with Crippen LogP contribution >= 0.6 is 0 Å². The molecule has 5 nitrogen and oxygen atoms in total. The zero-order valence-electron chi connectivity index (χ0n) is 11.3. The Bertz CT molecular complexity index is 464. The summed E-state index contributed by atoms with van der Waals surface area (Å²) in [6.45, 7) is 0.724. The smallest absolute Gasteiger partial charge is 0.112 e. The number of aliphatic hydroxyl groups is 4. The molecule has 0 radical (unpaired) electrons. The Kier molecular flexibility index (Phi) is 3.56. The van der Waals surface area contributed by atoms with Crippen molar-refractivity contribution in [2.24, 2.45) is 5.92 Å². The fourth-order valence-corrected chi connectivity index (χ4v) is 3.64. The van der Waals surface area contributed by atoms with Crippen LogP contribution in [0.1, 0.15) is 12.0 Å². The second-order valence-corrected chi connectivity index (χ2v) is 6.00. The van der Waals surface area contributed by atoms with Crippen molar-refractivity contribution in [1.82, 2.24) is 4.90 Å². The van der Waals surface area contributed by atoms with E-state index in [1.807, 2.05) is 35.2 Å². The van der Waals surface area contributed by atoms with Crippen molar-refractivity contribution in [2.75, 3.05) is 13.2 Å². The molecule has 3 fully saturated rings. The fourth-order valence-electron chi connectivity index (χ4n) is 3.64. The first-order chi connectivity index (χ1) is 9.56. The minimum absolute atomic E-state index is 0.171. The molecular formula is C15H21NO4. The lowest BCUT2D eigenvalue weighted by Crippen LogP contribution is -2.75. The average Bonchev–Trinajstić information content (AvgIpc) is 2.45. The SMILES string of the molecule is OC[C@@H]1C[C@@H]2[C@H](O)[C@@H](O)[C@]1(O)CN2Cc1ccccc1. The van der Waals surface area contributed by atoms with Gasteiger partial charge in [0.1, 0.15) is 11.7 Å². The van der Waals surface area contributed by atoms with Crippen molar-refractivity contribution in [3.63, 3.8) is 0 Å². The lowest BCUT2D eigenvalue weighted by atomic mass is 9.65. The molecule has 1 aromatic rings. The van der Waals surface area contributed by atoms with Gasteiger partial charge in [-0.15, -0.1) is 0 Å². The molecule has 4 rings (SSSR count). The number of piperidine rings is 2. The van der Waals surface area contributed by atoms with Crippen molar-refractivity contribution in [1.29, 1.82) is 0 Å². The van der Waals surface area contributed by atoms with Crippen LogP contribution < -0.4 is 0 Å². The quantitative estimate of drug-likeness (QED) is 0.590. The fraction of sp³-hybridized carbons (Fsp3) is 0.600. The summed E-state index contributed by atoms with van der Waals surface area (Å²) in [5.41, 5.74) is -0.330. The number of benzene rings is 1. The predicted octanol–water partition coefficient (Wildman–Crippen LogP) is -0.664. The predicted molar refractivity (Wildman–Crippen MR) is 72.8 cm³/mol. The van der Waals surface area contributed by atoms with E-state index in [0.29, 0.717) is 13.0 Å². The van der Waals surface area contributed by atoms with Crippen LogP contribution in [0.2, 0.25) is 0 Å². The molecule has 0 spiro atoms. The molecule has 2 aliphatic heterocycles. The van der Waals surface area contributed by atoms with Crippen LogP contribution in [0.4, 0.5) is 0 Å². The summed E-state index contributed by atoms with van der Waals surface area (Å²) < 4.78 is 0. The summed E-state index contributed by atoms with van der Waals surface area (Å²) >= 11 is 0. The molecule has 5 atom stereocenters. The normalized spacial score (nSPS) is 41.0. The van der Waals surface area contributed by atoms with Gasteiger partial charge in [0.05, 0.1) is 6.10 Å². The Morgan fingerprint density at radius 1 is 1.20 bits per heavy atom. The molecule has 4 N–H and O–H groups in total. The maximum atomic E-state index is 10.7. The van der Waals surface area contributed by atoms with Gasteiger partial charge in [0.2, 0.25) is 0 Å². The summed E-state index contributed by atoms with van der Waals surface area (Å²) in [6, 6.07) is 9.62. The molecule has 1 aromatic carbocycles. The van der Waals surface area contributed by atoms with Crippen molar-refractivity contribution < 1.29 is 20.4 Å². The zero-order chi connectivity index (χ0) is 14.3. The Morgan fingerprint density at radius 3 is 2.55 bits per heavy atom. The highest BCUT2D eigenvalue weighted by Gasteiger charge is 2.59. The van der Waals surface area contributed by atoms with Gasteiger partial charge in [-0.3, -0.25) is 4.90 Å². The van der Waals surface area contributed by atoms with E-state index in [0.717, 1.165) is 5.56 Å². The van der Waals surface area contributed by atoms with Gasteiger partial charge in [-0.25, -0.2) is 0 Å². The molecule has 2 saturated heterocycles. The van der Waals surface area contributed by atoms with Crippen LogP contribution in [0.3, 0.4) is 0 Å². The third kappa shape index (κ3) is 2.06. The molecule has 1 aliphatic carbocycles.